The van der Waals surface area contributed by atoms with Crippen molar-refractivity contribution < 1.29 is 9.90 Å². The van der Waals surface area contributed by atoms with Crippen LogP contribution in [0.4, 0.5) is 0 Å². The van der Waals surface area contributed by atoms with Crippen LogP contribution in [0.2, 0.25) is 0 Å². The predicted octanol–water partition coefficient (Wildman–Crippen LogP) is 3.25. The maximum absolute atomic E-state index is 12.9. The summed E-state index contributed by atoms with van der Waals surface area (Å²) in [5, 5.41) is 14.8. The average molecular weight is 346 g/mol. The summed E-state index contributed by atoms with van der Waals surface area (Å²) in [5.41, 5.74) is 0.247. The molecule has 1 amide bonds. The fourth-order valence-electron chi connectivity index (χ4n) is 5.32. The number of nitrogens with zero attached hydrogens (tertiary/aromatic N) is 1. The van der Waals surface area contributed by atoms with Crippen LogP contribution < -0.4 is 5.32 Å². The van der Waals surface area contributed by atoms with E-state index in [9.17, 15) is 9.90 Å². The van der Waals surface area contributed by atoms with Crippen molar-refractivity contribution in [3.63, 3.8) is 0 Å². The quantitative estimate of drug-likeness (QED) is 0.804. The Morgan fingerprint density at radius 2 is 2.12 bits per heavy atom. The normalized spacial score (nSPS) is 36.8. The number of nitrogens with one attached hydrogen (secondary N) is 1. The molecular weight excluding hydrogens is 320 g/mol. The zero-order chi connectivity index (χ0) is 16.7. The minimum absolute atomic E-state index is 0.00571. The summed E-state index contributed by atoms with van der Waals surface area (Å²) in [7, 11) is 0. The monoisotopic (exact) mass is 346 g/mol. The lowest BCUT2D eigenvalue weighted by atomic mass is 9.52. The van der Waals surface area contributed by atoms with Crippen LogP contribution in [0.5, 0.6) is 0 Å². The molecule has 5 heteroatoms. The van der Waals surface area contributed by atoms with Crippen LogP contribution in [-0.2, 0) is 0 Å². The Balaban J connectivity index is 1.49. The minimum atomic E-state index is -0.450. The fourth-order valence-corrected chi connectivity index (χ4v) is 6.17. The second-order valence-electron chi connectivity index (χ2n) is 7.90. The summed E-state index contributed by atoms with van der Waals surface area (Å²) in [6, 6.07) is 3.94. The molecule has 130 valence electrons. The van der Waals surface area contributed by atoms with Crippen LogP contribution in [-0.4, -0.2) is 33.4 Å². The topological polar surface area (TPSA) is 62.2 Å². The molecule has 4 nitrogen and oxygen atoms in total. The van der Waals surface area contributed by atoms with Gasteiger partial charge in [-0.15, -0.1) is 11.8 Å². The maximum Gasteiger partial charge on any atom is 0.254 e. The predicted molar refractivity (Wildman–Crippen MR) is 95.0 cm³/mol. The first-order valence-electron chi connectivity index (χ1n) is 9.19. The molecule has 2 N–H and O–H groups in total. The van der Waals surface area contributed by atoms with Crippen LogP contribution in [0.15, 0.2) is 23.4 Å². The van der Waals surface area contributed by atoms with Crippen LogP contribution in [0, 0.1) is 17.8 Å². The summed E-state index contributed by atoms with van der Waals surface area (Å²) in [6.45, 7) is 2.13. The zero-order valence-electron chi connectivity index (χ0n) is 14.2. The van der Waals surface area contributed by atoms with Gasteiger partial charge in [0.2, 0.25) is 0 Å². The Morgan fingerprint density at radius 1 is 1.38 bits per heavy atom. The van der Waals surface area contributed by atoms with Gasteiger partial charge in [0.05, 0.1) is 11.2 Å². The van der Waals surface area contributed by atoms with E-state index in [1.807, 2.05) is 12.1 Å². The highest BCUT2D eigenvalue weighted by atomic mass is 32.2. The molecule has 4 fully saturated rings. The first-order chi connectivity index (χ1) is 11.6. The molecule has 0 saturated heterocycles. The van der Waals surface area contributed by atoms with E-state index in [4.69, 9.17) is 0 Å². The number of rotatable bonds is 5. The maximum atomic E-state index is 12.9. The molecule has 4 aliphatic rings. The van der Waals surface area contributed by atoms with Gasteiger partial charge in [0, 0.05) is 12.2 Å². The summed E-state index contributed by atoms with van der Waals surface area (Å²) in [6.07, 6.45) is 7.83. The Kier molecular flexibility index (Phi) is 4.33. The molecule has 5 atom stereocenters. The standard InChI is InChI=1S/C19H26N2O2S/c1-2-6-24-18-15(4-3-5-20-18)17(22)21-16-13-7-12-8-14(16)11-19(23,9-12)10-13/h3-5,12-14,16,23H,2,6-11H2,1H3,(H,21,22)/t12?,13-,14+,16?,19?. The smallest absolute Gasteiger partial charge is 0.254 e. The van der Waals surface area contributed by atoms with Crippen molar-refractivity contribution in [2.45, 2.75) is 62.1 Å². The van der Waals surface area contributed by atoms with E-state index in [1.54, 1.807) is 18.0 Å². The van der Waals surface area contributed by atoms with E-state index < -0.39 is 5.60 Å². The molecule has 0 radical (unpaired) electrons. The highest BCUT2D eigenvalue weighted by Gasteiger charge is 2.55. The molecule has 4 saturated carbocycles. The molecule has 5 rings (SSSR count). The molecule has 1 aromatic rings. The first kappa shape index (κ1) is 16.4. The molecule has 0 aromatic carbocycles. The van der Waals surface area contributed by atoms with Crippen molar-refractivity contribution in [3.8, 4) is 0 Å². The van der Waals surface area contributed by atoms with E-state index in [2.05, 4.69) is 17.2 Å². The number of aromatic nitrogens is 1. The molecule has 3 unspecified atom stereocenters. The Bertz CT molecular complexity index is 620. The highest BCUT2D eigenvalue weighted by molar-refractivity contribution is 7.99. The lowest BCUT2D eigenvalue weighted by Gasteiger charge is -2.58. The molecule has 24 heavy (non-hydrogen) atoms. The lowest BCUT2D eigenvalue weighted by molar-refractivity contribution is -0.136. The van der Waals surface area contributed by atoms with Gasteiger partial charge < -0.3 is 10.4 Å². The molecule has 4 bridgehead atoms. The van der Waals surface area contributed by atoms with Crippen molar-refractivity contribution in [1.82, 2.24) is 10.3 Å². The number of amides is 1. The zero-order valence-corrected chi connectivity index (χ0v) is 15.0. The van der Waals surface area contributed by atoms with Gasteiger partial charge in [0.1, 0.15) is 5.03 Å². The molecule has 4 aliphatic carbocycles. The van der Waals surface area contributed by atoms with Crippen LogP contribution in [0.3, 0.4) is 0 Å². The number of hydrogen-bond donors (Lipinski definition) is 2. The Hall–Kier alpha value is -1.07. The van der Waals surface area contributed by atoms with Gasteiger partial charge in [-0.3, -0.25) is 4.79 Å². The number of carbonyl (C=O) groups excluding carboxylic acids is 1. The Labute approximate surface area is 147 Å². The van der Waals surface area contributed by atoms with Gasteiger partial charge in [-0.25, -0.2) is 4.98 Å². The van der Waals surface area contributed by atoms with Crippen LogP contribution in [0.1, 0.15) is 55.8 Å². The van der Waals surface area contributed by atoms with Gasteiger partial charge >= 0.3 is 0 Å². The fraction of sp³-hybridized carbons (Fsp3) is 0.684. The summed E-state index contributed by atoms with van der Waals surface area (Å²) in [5.74, 6) is 2.52. The van der Waals surface area contributed by atoms with Crippen LogP contribution >= 0.6 is 11.8 Å². The van der Waals surface area contributed by atoms with E-state index in [0.29, 0.717) is 23.3 Å². The van der Waals surface area contributed by atoms with Crippen molar-refractivity contribution in [2.75, 3.05) is 5.75 Å². The number of thioether (sulfide) groups is 1. The molecule has 0 spiro atoms. The number of pyridine rings is 1. The third-order valence-electron chi connectivity index (χ3n) is 6.00. The van der Waals surface area contributed by atoms with Gasteiger partial charge in [-0.2, -0.15) is 0 Å². The van der Waals surface area contributed by atoms with Crippen molar-refractivity contribution in [3.05, 3.63) is 23.9 Å². The van der Waals surface area contributed by atoms with Crippen molar-refractivity contribution in [2.24, 2.45) is 17.8 Å². The third-order valence-corrected chi connectivity index (χ3v) is 7.21. The number of aliphatic hydroxyl groups is 1. The van der Waals surface area contributed by atoms with E-state index in [1.165, 1.54) is 0 Å². The summed E-state index contributed by atoms with van der Waals surface area (Å²) in [4.78, 5) is 17.3. The molecule has 0 aliphatic heterocycles. The van der Waals surface area contributed by atoms with E-state index in [-0.39, 0.29) is 11.9 Å². The second-order valence-corrected chi connectivity index (χ2v) is 8.98. The third kappa shape index (κ3) is 2.97. The van der Waals surface area contributed by atoms with E-state index in [0.717, 1.165) is 49.3 Å². The molecule has 1 aromatic heterocycles. The first-order valence-corrected chi connectivity index (χ1v) is 10.2. The number of carbonyl (C=O) groups is 1. The van der Waals surface area contributed by atoms with Gasteiger partial charge in [-0.05, 0) is 74.2 Å². The lowest BCUT2D eigenvalue weighted by Crippen LogP contribution is -2.61. The number of hydrogen-bond acceptors (Lipinski definition) is 4. The average Bonchev–Trinajstić information content (AvgIpc) is 2.55. The van der Waals surface area contributed by atoms with Crippen molar-refractivity contribution in [1.29, 1.82) is 0 Å². The second kappa shape index (κ2) is 6.34. The van der Waals surface area contributed by atoms with E-state index >= 15 is 0 Å². The van der Waals surface area contributed by atoms with Crippen LogP contribution in [0.25, 0.3) is 0 Å². The summed E-state index contributed by atoms with van der Waals surface area (Å²) < 4.78 is 0. The Morgan fingerprint density at radius 3 is 2.79 bits per heavy atom. The summed E-state index contributed by atoms with van der Waals surface area (Å²) >= 11 is 1.65. The van der Waals surface area contributed by atoms with Gasteiger partial charge in [-0.1, -0.05) is 6.92 Å². The van der Waals surface area contributed by atoms with Crippen molar-refractivity contribution >= 4 is 17.7 Å². The van der Waals surface area contributed by atoms with Gasteiger partial charge in [0.15, 0.2) is 0 Å². The minimum Gasteiger partial charge on any atom is -0.390 e. The molecule has 1 heterocycles. The largest absolute Gasteiger partial charge is 0.390 e. The molecular formula is C19H26N2O2S. The van der Waals surface area contributed by atoms with Gasteiger partial charge in [0.25, 0.3) is 5.91 Å². The highest BCUT2D eigenvalue weighted by Crippen LogP contribution is 2.55. The SMILES string of the molecule is CCCSc1ncccc1C(=O)NC1[C@@H]2CC3C[C@H]1CC(O)(C3)C2.